The van der Waals surface area contributed by atoms with E-state index in [1.165, 1.54) is 4.88 Å². The lowest BCUT2D eigenvalue weighted by atomic mass is 10.0. The normalized spacial score (nSPS) is 12.1. The summed E-state index contributed by atoms with van der Waals surface area (Å²) in [6.45, 7) is 2.88. The summed E-state index contributed by atoms with van der Waals surface area (Å²) >= 11 is 1.66. The van der Waals surface area contributed by atoms with Gasteiger partial charge in [0.05, 0.1) is 6.04 Å². The van der Waals surface area contributed by atoms with Crippen molar-refractivity contribution in [2.24, 2.45) is 0 Å². The Bertz CT molecular complexity index is 551. The lowest BCUT2D eigenvalue weighted by molar-refractivity contribution is 0.0939. The highest BCUT2D eigenvalue weighted by Gasteiger charge is 2.14. The van der Waals surface area contributed by atoms with Crippen LogP contribution < -0.4 is 10.6 Å². The van der Waals surface area contributed by atoms with E-state index >= 15 is 0 Å². The van der Waals surface area contributed by atoms with Gasteiger partial charge in [-0.25, -0.2) is 0 Å². The second-order valence-corrected chi connectivity index (χ2v) is 5.70. The van der Waals surface area contributed by atoms with Gasteiger partial charge >= 0.3 is 0 Å². The molecule has 1 atom stereocenters. The number of benzene rings is 1. The summed E-state index contributed by atoms with van der Waals surface area (Å²) in [7, 11) is 1.92. The first kappa shape index (κ1) is 14.8. The molecular formula is C16H20N2OS. The van der Waals surface area contributed by atoms with E-state index in [2.05, 4.69) is 10.6 Å². The van der Waals surface area contributed by atoms with Crippen molar-refractivity contribution in [1.29, 1.82) is 0 Å². The van der Waals surface area contributed by atoms with Gasteiger partial charge in [0.15, 0.2) is 0 Å². The molecule has 0 aliphatic rings. The van der Waals surface area contributed by atoms with Crippen LogP contribution in [0.2, 0.25) is 0 Å². The molecule has 20 heavy (non-hydrogen) atoms. The standard InChI is InChI=1S/C16H20N2OS/c1-12(15-8-5-11-20-15)18-16(19)14-7-4-3-6-13(14)9-10-17-2/h3-8,11-12,17H,9-10H2,1-2H3,(H,18,19)/t12-/m1/s1. The van der Waals surface area contributed by atoms with Crippen LogP contribution in [0.1, 0.15) is 33.8 Å². The fraction of sp³-hybridized carbons (Fsp3) is 0.312. The Morgan fingerprint density at radius 1 is 1.25 bits per heavy atom. The van der Waals surface area contributed by atoms with Gasteiger partial charge in [0.1, 0.15) is 0 Å². The first-order chi connectivity index (χ1) is 9.72. The van der Waals surface area contributed by atoms with Crippen molar-refractivity contribution < 1.29 is 4.79 Å². The zero-order chi connectivity index (χ0) is 14.4. The highest BCUT2D eigenvalue weighted by Crippen LogP contribution is 2.19. The van der Waals surface area contributed by atoms with Gasteiger partial charge in [-0.1, -0.05) is 24.3 Å². The van der Waals surface area contributed by atoms with Crippen LogP contribution in [0.5, 0.6) is 0 Å². The summed E-state index contributed by atoms with van der Waals surface area (Å²) in [4.78, 5) is 13.6. The number of rotatable bonds is 6. The molecule has 0 aliphatic carbocycles. The number of carbonyl (C=O) groups is 1. The van der Waals surface area contributed by atoms with Gasteiger partial charge < -0.3 is 10.6 Å². The fourth-order valence-electron chi connectivity index (χ4n) is 2.10. The largest absolute Gasteiger partial charge is 0.345 e. The van der Waals surface area contributed by atoms with Crippen LogP contribution in [0.15, 0.2) is 41.8 Å². The summed E-state index contributed by atoms with van der Waals surface area (Å²) in [5.41, 5.74) is 1.85. The monoisotopic (exact) mass is 288 g/mol. The Labute approximate surface area is 124 Å². The van der Waals surface area contributed by atoms with Crippen molar-refractivity contribution in [3.63, 3.8) is 0 Å². The molecule has 2 aromatic rings. The Morgan fingerprint density at radius 2 is 2.05 bits per heavy atom. The molecule has 0 aliphatic heterocycles. The van der Waals surface area contributed by atoms with Gasteiger partial charge in [0, 0.05) is 10.4 Å². The predicted molar refractivity (Wildman–Crippen MR) is 84.3 cm³/mol. The molecule has 3 nitrogen and oxygen atoms in total. The molecule has 0 radical (unpaired) electrons. The van der Waals surface area contributed by atoms with E-state index in [-0.39, 0.29) is 11.9 Å². The number of likely N-dealkylation sites (N-methyl/N-ethyl adjacent to an activating group) is 1. The maximum atomic E-state index is 12.4. The molecule has 1 amide bonds. The second kappa shape index (κ2) is 7.22. The van der Waals surface area contributed by atoms with Crippen LogP contribution in [0.4, 0.5) is 0 Å². The highest BCUT2D eigenvalue weighted by molar-refractivity contribution is 7.10. The molecule has 4 heteroatoms. The summed E-state index contributed by atoms with van der Waals surface area (Å²) in [5, 5.41) is 8.21. The average Bonchev–Trinajstić information content (AvgIpc) is 2.99. The van der Waals surface area contributed by atoms with Crippen molar-refractivity contribution in [2.75, 3.05) is 13.6 Å². The first-order valence-corrected chi connectivity index (χ1v) is 7.67. The predicted octanol–water partition coefficient (Wildman–Crippen LogP) is 3.00. The molecule has 0 unspecified atom stereocenters. The summed E-state index contributed by atoms with van der Waals surface area (Å²) in [6.07, 6.45) is 0.855. The number of hydrogen-bond donors (Lipinski definition) is 2. The van der Waals surface area contributed by atoms with E-state index in [1.54, 1.807) is 11.3 Å². The average molecular weight is 288 g/mol. The third-order valence-electron chi connectivity index (χ3n) is 3.22. The molecule has 0 saturated heterocycles. The second-order valence-electron chi connectivity index (χ2n) is 4.72. The number of amides is 1. The molecule has 0 fully saturated rings. The smallest absolute Gasteiger partial charge is 0.252 e. The molecule has 2 rings (SSSR count). The zero-order valence-electron chi connectivity index (χ0n) is 11.8. The van der Waals surface area contributed by atoms with Gasteiger partial charge in [0.2, 0.25) is 0 Å². The topological polar surface area (TPSA) is 41.1 Å². The van der Waals surface area contributed by atoms with Gasteiger partial charge in [-0.2, -0.15) is 0 Å². The van der Waals surface area contributed by atoms with Crippen LogP contribution in [-0.2, 0) is 6.42 Å². The fourth-order valence-corrected chi connectivity index (χ4v) is 2.84. The molecule has 0 bridgehead atoms. The lowest BCUT2D eigenvalue weighted by Gasteiger charge is -2.14. The van der Waals surface area contributed by atoms with Crippen LogP contribution in [0, 0.1) is 0 Å². The van der Waals surface area contributed by atoms with Crippen molar-refractivity contribution in [2.45, 2.75) is 19.4 Å². The van der Waals surface area contributed by atoms with Crippen LogP contribution in [0.25, 0.3) is 0 Å². The molecule has 106 valence electrons. The number of carbonyl (C=O) groups excluding carboxylic acids is 1. The van der Waals surface area contributed by atoms with E-state index < -0.39 is 0 Å². The van der Waals surface area contributed by atoms with Gasteiger partial charge in [-0.15, -0.1) is 11.3 Å². The molecule has 1 heterocycles. The Hall–Kier alpha value is -1.65. The Morgan fingerprint density at radius 3 is 2.75 bits per heavy atom. The highest BCUT2D eigenvalue weighted by atomic mass is 32.1. The minimum Gasteiger partial charge on any atom is -0.345 e. The molecule has 0 saturated carbocycles. The van der Waals surface area contributed by atoms with Crippen LogP contribution in [-0.4, -0.2) is 19.5 Å². The van der Waals surface area contributed by atoms with Gasteiger partial charge in [-0.05, 0) is 50.0 Å². The lowest BCUT2D eigenvalue weighted by Crippen LogP contribution is -2.27. The number of nitrogens with one attached hydrogen (secondary N) is 2. The summed E-state index contributed by atoms with van der Waals surface area (Å²) < 4.78 is 0. The molecule has 2 N–H and O–H groups in total. The van der Waals surface area contributed by atoms with E-state index in [0.717, 1.165) is 24.1 Å². The quantitative estimate of drug-likeness (QED) is 0.858. The maximum absolute atomic E-state index is 12.4. The maximum Gasteiger partial charge on any atom is 0.252 e. The number of thiophene rings is 1. The Balaban J connectivity index is 2.09. The van der Waals surface area contributed by atoms with Gasteiger partial charge in [0.25, 0.3) is 5.91 Å². The van der Waals surface area contributed by atoms with Crippen LogP contribution >= 0.6 is 11.3 Å². The van der Waals surface area contributed by atoms with E-state index in [9.17, 15) is 4.79 Å². The van der Waals surface area contributed by atoms with Crippen molar-refractivity contribution >= 4 is 17.2 Å². The van der Waals surface area contributed by atoms with Gasteiger partial charge in [-0.3, -0.25) is 4.79 Å². The summed E-state index contributed by atoms with van der Waals surface area (Å²) in [5.74, 6) is -0.00222. The third kappa shape index (κ3) is 3.68. The number of hydrogen-bond acceptors (Lipinski definition) is 3. The van der Waals surface area contributed by atoms with E-state index in [1.807, 2.05) is 55.7 Å². The van der Waals surface area contributed by atoms with E-state index in [4.69, 9.17) is 0 Å². The molecular weight excluding hydrogens is 268 g/mol. The minimum absolute atomic E-state index is 0.00222. The summed E-state index contributed by atoms with van der Waals surface area (Å²) in [6, 6.07) is 11.9. The van der Waals surface area contributed by atoms with Crippen molar-refractivity contribution in [1.82, 2.24) is 10.6 Å². The molecule has 1 aromatic heterocycles. The van der Waals surface area contributed by atoms with Crippen molar-refractivity contribution in [3.8, 4) is 0 Å². The first-order valence-electron chi connectivity index (χ1n) is 6.79. The van der Waals surface area contributed by atoms with Crippen LogP contribution in [0.3, 0.4) is 0 Å². The SMILES string of the molecule is CNCCc1ccccc1C(=O)N[C@H](C)c1cccs1. The van der Waals surface area contributed by atoms with Crippen molar-refractivity contribution in [3.05, 3.63) is 57.8 Å². The molecule has 0 spiro atoms. The third-order valence-corrected chi connectivity index (χ3v) is 4.28. The zero-order valence-corrected chi connectivity index (χ0v) is 12.7. The Kier molecular flexibility index (Phi) is 5.32. The minimum atomic E-state index is -0.00222. The van der Waals surface area contributed by atoms with E-state index in [0.29, 0.717) is 0 Å². The molecule has 1 aromatic carbocycles.